The average Bonchev–Trinajstić information content (AvgIpc) is 2.49. The second kappa shape index (κ2) is 4.73. The van der Waals surface area contributed by atoms with Crippen molar-refractivity contribution in [3.63, 3.8) is 0 Å². The molecule has 2 rings (SSSR count). The Bertz CT molecular complexity index is 454. The Hall–Kier alpha value is -1.35. The highest BCUT2D eigenvalue weighted by Gasteiger charge is 2.46. The van der Waals surface area contributed by atoms with Crippen LogP contribution in [-0.2, 0) is 4.79 Å². The van der Waals surface area contributed by atoms with Crippen molar-refractivity contribution in [3.05, 3.63) is 29.8 Å². The second-order valence-electron chi connectivity index (χ2n) is 5.68. The second-order valence-corrected chi connectivity index (χ2v) is 5.68. The minimum atomic E-state index is -0.131. The molecule has 1 aliphatic heterocycles. The highest BCUT2D eigenvalue weighted by atomic mass is 16.2. The van der Waals surface area contributed by atoms with E-state index >= 15 is 0 Å². The predicted molar refractivity (Wildman–Crippen MR) is 74.8 cm³/mol. The first-order valence-corrected chi connectivity index (χ1v) is 6.51. The van der Waals surface area contributed by atoms with Gasteiger partial charge in [-0.15, -0.1) is 0 Å². The first-order chi connectivity index (χ1) is 8.46. The molecule has 0 aromatic heterocycles. The molecule has 0 aliphatic carbocycles. The summed E-state index contributed by atoms with van der Waals surface area (Å²) in [4.78, 5) is 14.2. The smallest absolute Gasteiger partial charge is 0.227 e. The van der Waals surface area contributed by atoms with Gasteiger partial charge in [0.2, 0.25) is 5.91 Å². The molecular formula is C15H22N2O. The monoisotopic (exact) mass is 246 g/mol. The van der Waals surface area contributed by atoms with Crippen LogP contribution in [0.3, 0.4) is 0 Å². The summed E-state index contributed by atoms with van der Waals surface area (Å²) in [5.74, 6) is 0.585. The summed E-state index contributed by atoms with van der Waals surface area (Å²) in [6.45, 7) is 7.24. The maximum atomic E-state index is 12.3. The summed E-state index contributed by atoms with van der Waals surface area (Å²) >= 11 is 0. The van der Waals surface area contributed by atoms with E-state index in [0.29, 0.717) is 12.3 Å². The van der Waals surface area contributed by atoms with E-state index < -0.39 is 0 Å². The molecule has 98 valence electrons. The quantitative estimate of drug-likeness (QED) is 0.888. The molecule has 1 fully saturated rings. The zero-order valence-electron chi connectivity index (χ0n) is 11.7. The van der Waals surface area contributed by atoms with Crippen LogP contribution < -0.4 is 10.2 Å². The molecule has 0 spiro atoms. The number of nitrogens with zero attached hydrogens (tertiary/aromatic N) is 1. The zero-order valence-corrected chi connectivity index (χ0v) is 11.7. The first-order valence-electron chi connectivity index (χ1n) is 6.51. The fourth-order valence-corrected chi connectivity index (χ4v) is 2.87. The highest BCUT2D eigenvalue weighted by Crippen LogP contribution is 2.38. The van der Waals surface area contributed by atoms with Crippen molar-refractivity contribution in [2.75, 3.05) is 18.5 Å². The minimum absolute atomic E-state index is 0.131. The van der Waals surface area contributed by atoms with E-state index in [1.807, 2.05) is 24.1 Å². The molecule has 0 saturated carbocycles. The SMILES string of the molecule is CNCC1CC(=O)N(c2cccc(C)c2)C1(C)C. The molecule has 0 bridgehead atoms. The summed E-state index contributed by atoms with van der Waals surface area (Å²) in [5.41, 5.74) is 2.07. The van der Waals surface area contributed by atoms with Crippen LogP contribution >= 0.6 is 0 Å². The third-order valence-corrected chi connectivity index (χ3v) is 3.96. The normalized spacial score (nSPS) is 22.6. The lowest BCUT2D eigenvalue weighted by atomic mass is 9.88. The molecule has 1 heterocycles. The van der Waals surface area contributed by atoms with E-state index in [9.17, 15) is 4.79 Å². The van der Waals surface area contributed by atoms with Crippen LogP contribution in [-0.4, -0.2) is 25.0 Å². The van der Waals surface area contributed by atoms with Crippen molar-refractivity contribution in [1.29, 1.82) is 0 Å². The van der Waals surface area contributed by atoms with Gasteiger partial charge in [-0.2, -0.15) is 0 Å². The Kier molecular flexibility index (Phi) is 3.44. The molecule has 0 radical (unpaired) electrons. The van der Waals surface area contributed by atoms with Gasteiger partial charge in [0, 0.05) is 30.1 Å². The van der Waals surface area contributed by atoms with Crippen LogP contribution in [0.1, 0.15) is 25.8 Å². The van der Waals surface area contributed by atoms with Gasteiger partial charge in [0.25, 0.3) is 0 Å². The van der Waals surface area contributed by atoms with Crippen molar-refractivity contribution in [1.82, 2.24) is 5.32 Å². The van der Waals surface area contributed by atoms with Gasteiger partial charge in [-0.25, -0.2) is 0 Å². The van der Waals surface area contributed by atoms with E-state index in [0.717, 1.165) is 12.2 Å². The lowest BCUT2D eigenvalue weighted by molar-refractivity contribution is -0.117. The molecule has 1 aromatic rings. The van der Waals surface area contributed by atoms with Gasteiger partial charge < -0.3 is 10.2 Å². The fraction of sp³-hybridized carbons (Fsp3) is 0.533. The fourth-order valence-electron chi connectivity index (χ4n) is 2.87. The Morgan fingerprint density at radius 3 is 2.78 bits per heavy atom. The Labute approximate surface area is 109 Å². The number of amides is 1. The van der Waals surface area contributed by atoms with Crippen molar-refractivity contribution >= 4 is 11.6 Å². The molecule has 1 saturated heterocycles. The summed E-state index contributed by atoms with van der Waals surface area (Å²) in [6, 6.07) is 8.18. The molecule has 1 amide bonds. The standard InChI is InChI=1S/C15H22N2O/c1-11-6-5-7-13(8-11)17-14(18)9-12(10-16-4)15(17,2)3/h5-8,12,16H,9-10H2,1-4H3. The van der Waals surface area contributed by atoms with Gasteiger partial charge in [-0.05, 0) is 45.5 Å². The molecule has 1 N–H and O–H groups in total. The van der Waals surface area contributed by atoms with E-state index in [1.165, 1.54) is 5.56 Å². The predicted octanol–water partition coefficient (Wildman–Crippen LogP) is 2.35. The number of aryl methyl sites for hydroxylation is 1. The lowest BCUT2D eigenvalue weighted by Gasteiger charge is -2.36. The Morgan fingerprint density at radius 2 is 2.17 bits per heavy atom. The van der Waals surface area contributed by atoms with Gasteiger partial charge in [-0.1, -0.05) is 12.1 Å². The molecule has 3 nitrogen and oxygen atoms in total. The molecule has 18 heavy (non-hydrogen) atoms. The van der Waals surface area contributed by atoms with E-state index in [2.05, 4.69) is 38.2 Å². The van der Waals surface area contributed by atoms with E-state index in [1.54, 1.807) is 0 Å². The molecular weight excluding hydrogens is 224 g/mol. The lowest BCUT2D eigenvalue weighted by Crippen LogP contribution is -2.46. The number of benzene rings is 1. The number of hydrogen-bond acceptors (Lipinski definition) is 2. The molecule has 1 atom stereocenters. The van der Waals surface area contributed by atoms with E-state index in [4.69, 9.17) is 0 Å². The largest absolute Gasteiger partial charge is 0.319 e. The summed E-state index contributed by atoms with van der Waals surface area (Å²) in [5, 5.41) is 3.19. The van der Waals surface area contributed by atoms with Crippen molar-refractivity contribution in [2.24, 2.45) is 5.92 Å². The maximum absolute atomic E-state index is 12.3. The molecule has 1 aromatic carbocycles. The Balaban J connectivity index is 2.35. The third kappa shape index (κ3) is 2.15. The summed E-state index contributed by atoms with van der Waals surface area (Å²) in [6.07, 6.45) is 0.627. The number of carbonyl (C=O) groups is 1. The number of nitrogens with one attached hydrogen (secondary N) is 1. The van der Waals surface area contributed by atoms with Gasteiger partial charge in [0.15, 0.2) is 0 Å². The van der Waals surface area contributed by atoms with Crippen LogP contribution in [0.2, 0.25) is 0 Å². The van der Waals surface area contributed by atoms with Crippen LogP contribution in [0.4, 0.5) is 5.69 Å². The van der Waals surface area contributed by atoms with Gasteiger partial charge in [0.05, 0.1) is 0 Å². The molecule has 3 heteroatoms. The molecule has 1 unspecified atom stereocenters. The minimum Gasteiger partial charge on any atom is -0.319 e. The number of anilines is 1. The van der Waals surface area contributed by atoms with Crippen LogP contribution in [0.25, 0.3) is 0 Å². The third-order valence-electron chi connectivity index (χ3n) is 3.96. The zero-order chi connectivity index (χ0) is 13.3. The van der Waals surface area contributed by atoms with Crippen molar-refractivity contribution in [2.45, 2.75) is 32.7 Å². The van der Waals surface area contributed by atoms with Gasteiger partial charge in [-0.3, -0.25) is 4.79 Å². The number of hydrogen-bond donors (Lipinski definition) is 1. The van der Waals surface area contributed by atoms with E-state index in [-0.39, 0.29) is 11.4 Å². The van der Waals surface area contributed by atoms with Gasteiger partial charge in [0.1, 0.15) is 0 Å². The van der Waals surface area contributed by atoms with Crippen LogP contribution in [0, 0.1) is 12.8 Å². The van der Waals surface area contributed by atoms with Crippen molar-refractivity contribution in [3.8, 4) is 0 Å². The summed E-state index contributed by atoms with van der Waals surface area (Å²) in [7, 11) is 1.94. The van der Waals surface area contributed by atoms with Crippen LogP contribution in [0.5, 0.6) is 0 Å². The number of carbonyl (C=O) groups excluding carboxylic acids is 1. The Morgan fingerprint density at radius 1 is 1.44 bits per heavy atom. The van der Waals surface area contributed by atoms with Crippen molar-refractivity contribution < 1.29 is 4.79 Å². The average molecular weight is 246 g/mol. The topological polar surface area (TPSA) is 32.3 Å². The first kappa shape index (κ1) is 13.1. The maximum Gasteiger partial charge on any atom is 0.227 e. The number of rotatable bonds is 3. The van der Waals surface area contributed by atoms with Gasteiger partial charge >= 0.3 is 0 Å². The molecule has 1 aliphatic rings. The summed E-state index contributed by atoms with van der Waals surface area (Å²) < 4.78 is 0. The highest BCUT2D eigenvalue weighted by molar-refractivity contribution is 5.97. The van der Waals surface area contributed by atoms with Crippen LogP contribution in [0.15, 0.2) is 24.3 Å².